The van der Waals surface area contributed by atoms with E-state index in [1.54, 1.807) is 18.2 Å². The number of anilines is 1. The Bertz CT molecular complexity index is 1070. The molecule has 0 N–H and O–H groups in total. The van der Waals surface area contributed by atoms with Gasteiger partial charge in [-0.05, 0) is 55.0 Å². The Hall–Kier alpha value is -3.00. The van der Waals surface area contributed by atoms with Crippen LogP contribution in [0.4, 0.5) is 18.9 Å². The molecular weight excluding hydrogens is 403 g/mol. The quantitative estimate of drug-likeness (QED) is 0.525. The Morgan fingerprint density at radius 2 is 1.45 bits per heavy atom. The number of halogens is 3. The number of nitrogens with zero attached hydrogens (tertiary/aromatic N) is 1. The summed E-state index contributed by atoms with van der Waals surface area (Å²) in [4.78, 5) is -0.261. The van der Waals surface area contributed by atoms with Gasteiger partial charge in [-0.25, -0.2) is 8.42 Å². The van der Waals surface area contributed by atoms with E-state index < -0.39 is 22.7 Å². The lowest BCUT2D eigenvalue weighted by Crippen LogP contribution is -2.39. The molecule has 0 heterocycles. The van der Waals surface area contributed by atoms with Crippen molar-refractivity contribution in [3.63, 3.8) is 0 Å². The molecule has 0 atom stereocenters. The average molecular weight is 421 g/mol. The molecule has 0 fully saturated rings. The Balaban J connectivity index is 1.91. The zero-order valence-electron chi connectivity index (χ0n) is 15.4. The molecule has 0 spiro atoms. The highest BCUT2D eigenvalue weighted by Gasteiger charge is 2.37. The number of para-hydroxylation sites is 2. The molecule has 0 saturated carbocycles. The summed E-state index contributed by atoms with van der Waals surface area (Å²) in [6.07, 6.45) is -4.70. The summed E-state index contributed by atoms with van der Waals surface area (Å²) < 4.78 is 71.1. The first kappa shape index (κ1) is 20.7. The topological polar surface area (TPSA) is 46.6 Å². The number of rotatable bonds is 6. The van der Waals surface area contributed by atoms with Gasteiger partial charge in [-0.1, -0.05) is 36.4 Å². The average Bonchev–Trinajstić information content (AvgIpc) is 2.68. The van der Waals surface area contributed by atoms with E-state index >= 15 is 0 Å². The largest absolute Gasteiger partial charge is 0.457 e. The van der Waals surface area contributed by atoms with Crippen LogP contribution in [0.25, 0.3) is 0 Å². The molecule has 8 heteroatoms. The zero-order chi connectivity index (χ0) is 21.1. The lowest BCUT2D eigenvalue weighted by molar-refractivity contribution is -0.117. The fraction of sp³-hybridized carbons (Fsp3) is 0.143. The van der Waals surface area contributed by atoms with Crippen molar-refractivity contribution in [2.24, 2.45) is 0 Å². The molecule has 0 amide bonds. The van der Waals surface area contributed by atoms with E-state index in [4.69, 9.17) is 4.74 Å². The monoisotopic (exact) mass is 421 g/mol. The van der Waals surface area contributed by atoms with Crippen LogP contribution in [0, 0.1) is 6.92 Å². The van der Waals surface area contributed by atoms with Crippen LogP contribution >= 0.6 is 0 Å². The highest BCUT2D eigenvalue weighted by atomic mass is 32.2. The maximum Gasteiger partial charge on any atom is 0.407 e. The van der Waals surface area contributed by atoms with Crippen LogP contribution in [0.2, 0.25) is 0 Å². The van der Waals surface area contributed by atoms with Crippen LogP contribution in [0.3, 0.4) is 0 Å². The first-order valence-corrected chi connectivity index (χ1v) is 10.1. The minimum Gasteiger partial charge on any atom is -0.457 e. The van der Waals surface area contributed by atoms with Crippen LogP contribution in [-0.4, -0.2) is 21.1 Å². The minimum atomic E-state index is -4.70. The van der Waals surface area contributed by atoms with Crippen molar-refractivity contribution in [1.29, 1.82) is 0 Å². The van der Waals surface area contributed by atoms with Crippen molar-refractivity contribution in [1.82, 2.24) is 0 Å². The van der Waals surface area contributed by atoms with E-state index in [1.807, 2.05) is 19.1 Å². The van der Waals surface area contributed by atoms with Gasteiger partial charge in [-0.2, -0.15) is 13.2 Å². The second kappa shape index (κ2) is 8.16. The summed E-state index contributed by atoms with van der Waals surface area (Å²) in [5, 5.41) is 0. The first-order chi connectivity index (χ1) is 13.7. The maximum atomic E-state index is 13.1. The smallest absolute Gasteiger partial charge is 0.407 e. The zero-order valence-corrected chi connectivity index (χ0v) is 16.2. The second-order valence-corrected chi connectivity index (χ2v) is 8.16. The molecule has 29 heavy (non-hydrogen) atoms. The third-order valence-electron chi connectivity index (χ3n) is 4.10. The SMILES string of the molecule is Cc1ccccc1Oc1ccc(S(=O)(=O)N(CC(F)(F)F)c2ccccc2)cc1. The molecule has 3 rings (SSSR count). The third kappa shape index (κ3) is 5.08. The van der Waals surface area contributed by atoms with Gasteiger partial charge in [0.1, 0.15) is 18.0 Å². The molecule has 0 aliphatic rings. The van der Waals surface area contributed by atoms with Crippen molar-refractivity contribution in [3.8, 4) is 11.5 Å². The number of hydrogen-bond acceptors (Lipinski definition) is 3. The molecule has 0 unspecified atom stereocenters. The summed E-state index contributed by atoms with van der Waals surface area (Å²) in [6, 6.07) is 19.8. The standard InChI is InChI=1S/C21H18F3NO3S/c1-16-7-5-6-10-20(16)28-18-11-13-19(14-12-18)29(26,27)25(15-21(22,23)24)17-8-3-2-4-9-17/h2-14H,15H2,1H3. The molecule has 152 valence electrons. The third-order valence-corrected chi connectivity index (χ3v) is 5.89. The summed E-state index contributed by atoms with van der Waals surface area (Å²) in [6.45, 7) is 0.240. The Labute approximate surface area is 167 Å². The Kier molecular flexibility index (Phi) is 5.83. The molecule has 3 aromatic rings. The van der Waals surface area contributed by atoms with E-state index in [1.165, 1.54) is 48.5 Å². The van der Waals surface area contributed by atoms with Crippen molar-refractivity contribution in [3.05, 3.63) is 84.4 Å². The fourth-order valence-electron chi connectivity index (χ4n) is 2.68. The summed E-state index contributed by atoms with van der Waals surface area (Å²) >= 11 is 0. The van der Waals surface area contributed by atoms with E-state index in [-0.39, 0.29) is 10.6 Å². The minimum absolute atomic E-state index is 0.0648. The molecule has 0 aliphatic heterocycles. The molecule has 3 aromatic carbocycles. The van der Waals surface area contributed by atoms with Gasteiger partial charge in [0.05, 0.1) is 10.6 Å². The Morgan fingerprint density at radius 1 is 0.862 bits per heavy atom. The summed E-state index contributed by atoms with van der Waals surface area (Å²) in [5.74, 6) is 0.978. The second-order valence-electron chi connectivity index (χ2n) is 6.30. The number of hydrogen-bond donors (Lipinski definition) is 0. The normalized spacial score (nSPS) is 11.9. The van der Waals surface area contributed by atoms with Gasteiger partial charge in [-0.15, -0.1) is 0 Å². The van der Waals surface area contributed by atoms with Crippen molar-refractivity contribution >= 4 is 15.7 Å². The van der Waals surface area contributed by atoms with Gasteiger partial charge < -0.3 is 4.74 Å². The van der Waals surface area contributed by atoms with Gasteiger partial charge in [0.15, 0.2) is 0 Å². The van der Waals surface area contributed by atoms with Crippen molar-refractivity contribution in [2.45, 2.75) is 18.0 Å². The van der Waals surface area contributed by atoms with Crippen LogP contribution in [0.5, 0.6) is 11.5 Å². The van der Waals surface area contributed by atoms with E-state index in [2.05, 4.69) is 0 Å². The maximum absolute atomic E-state index is 13.1. The number of alkyl halides is 3. The molecule has 4 nitrogen and oxygen atoms in total. The molecule has 0 bridgehead atoms. The molecule has 0 aliphatic carbocycles. The van der Waals surface area contributed by atoms with Gasteiger partial charge in [0, 0.05) is 0 Å². The van der Waals surface area contributed by atoms with Crippen molar-refractivity contribution < 1.29 is 26.3 Å². The molecule has 0 saturated heterocycles. The lowest BCUT2D eigenvalue weighted by atomic mass is 10.2. The summed E-state index contributed by atoms with van der Waals surface area (Å²) in [7, 11) is -4.43. The summed E-state index contributed by atoms with van der Waals surface area (Å²) in [5.41, 5.74) is 0.828. The van der Waals surface area contributed by atoms with Gasteiger partial charge >= 0.3 is 6.18 Å². The van der Waals surface area contributed by atoms with Crippen LogP contribution in [-0.2, 0) is 10.0 Å². The lowest BCUT2D eigenvalue weighted by Gasteiger charge is -2.25. The van der Waals surface area contributed by atoms with E-state index in [9.17, 15) is 21.6 Å². The van der Waals surface area contributed by atoms with Crippen LogP contribution < -0.4 is 9.04 Å². The first-order valence-electron chi connectivity index (χ1n) is 8.65. The highest BCUT2D eigenvalue weighted by Crippen LogP contribution is 2.30. The predicted octanol–water partition coefficient (Wildman–Crippen LogP) is 5.54. The van der Waals surface area contributed by atoms with Crippen molar-refractivity contribution in [2.75, 3.05) is 10.8 Å². The number of aryl methyl sites for hydroxylation is 1. The molecule has 0 aromatic heterocycles. The van der Waals surface area contributed by atoms with Crippen LogP contribution in [0.1, 0.15) is 5.56 Å². The molecule has 0 radical (unpaired) electrons. The van der Waals surface area contributed by atoms with Gasteiger partial charge in [-0.3, -0.25) is 4.31 Å². The number of benzene rings is 3. The van der Waals surface area contributed by atoms with Gasteiger partial charge in [0.2, 0.25) is 0 Å². The number of sulfonamides is 1. The van der Waals surface area contributed by atoms with Gasteiger partial charge in [0.25, 0.3) is 10.0 Å². The highest BCUT2D eigenvalue weighted by molar-refractivity contribution is 7.92. The molecular formula is C21H18F3NO3S. The van der Waals surface area contributed by atoms with E-state index in [0.717, 1.165) is 5.56 Å². The Morgan fingerprint density at radius 3 is 2.03 bits per heavy atom. The van der Waals surface area contributed by atoms with E-state index in [0.29, 0.717) is 15.8 Å². The fourth-order valence-corrected chi connectivity index (χ4v) is 4.13. The predicted molar refractivity (Wildman–Crippen MR) is 105 cm³/mol. The van der Waals surface area contributed by atoms with Crippen LogP contribution in [0.15, 0.2) is 83.8 Å². The number of ether oxygens (including phenoxy) is 1.